The molecule has 0 spiro atoms. The molecule has 0 aliphatic rings. The fourth-order valence-electron chi connectivity index (χ4n) is 1.82. The van der Waals surface area contributed by atoms with E-state index in [2.05, 4.69) is 0 Å². The average molecular weight is 234 g/mol. The molecule has 17 heavy (non-hydrogen) atoms. The molecule has 1 aromatic heterocycles. The molecule has 0 saturated carbocycles. The zero-order chi connectivity index (χ0) is 12.6. The zero-order valence-electron chi connectivity index (χ0n) is 9.31. The van der Waals surface area contributed by atoms with Crippen molar-refractivity contribution in [1.82, 2.24) is 0 Å². The third-order valence-electron chi connectivity index (χ3n) is 2.56. The first-order valence-electron chi connectivity index (χ1n) is 4.88. The van der Waals surface area contributed by atoms with Gasteiger partial charge in [0.1, 0.15) is 11.3 Å². The fourth-order valence-corrected chi connectivity index (χ4v) is 1.82. The van der Waals surface area contributed by atoms with Crippen LogP contribution in [0.15, 0.2) is 16.5 Å². The van der Waals surface area contributed by atoms with Crippen molar-refractivity contribution in [2.24, 2.45) is 0 Å². The summed E-state index contributed by atoms with van der Waals surface area (Å²) in [5, 5.41) is 9.41. The van der Waals surface area contributed by atoms with E-state index in [0.717, 1.165) is 0 Å². The second-order valence-electron chi connectivity index (χ2n) is 3.58. The van der Waals surface area contributed by atoms with E-state index < -0.39 is 5.97 Å². The van der Waals surface area contributed by atoms with E-state index >= 15 is 0 Å². The van der Waals surface area contributed by atoms with Gasteiger partial charge in [-0.15, -0.1) is 0 Å². The summed E-state index contributed by atoms with van der Waals surface area (Å²) in [6.45, 7) is 1.71. The first-order valence-corrected chi connectivity index (χ1v) is 4.88. The minimum atomic E-state index is -1.15. The number of aromatic carboxylic acids is 1. The van der Waals surface area contributed by atoms with Crippen molar-refractivity contribution >= 4 is 23.2 Å². The standard InChI is InChI=1S/C12H10O5/c1-6-10(16-2)8(5-13)3-7-4-9(12(14)15)17-11(6)7/h3-5H,1-2H3,(H,14,15). The van der Waals surface area contributed by atoms with Crippen LogP contribution in [-0.4, -0.2) is 24.5 Å². The normalized spacial score (nSPS) is 10.5. The molecule has 0 saturated heterocycles. The number of hydrogen-bond acceptors (Lipinski definition) is 4. The van der Waals surface area contributed by atoms with Crippen molar-refractivity contribution in [2.75, 3.05) is 7.11 Å². The minimum Gasteiger partial charge on any atom is -0.496 e. The number of rotatable bonds is 3. The summed E-state index contributed by atoms with van der Waals surface area (Å²) in [5.41, 5.74) is 1.40. The first-order chi connectivity index (χ1) is 8.08. The predicted molar refractivity (Wildman–Crippen MR) is 59.8 cm³/mol. The fraction of sp³-hybridized carbons (Fsp3) is 0.167. The Kier molecular flexibility index (Phi) is 2.59. The van der Waals surface area contributed by atoms with Crippen LogP contribution in [0.4, 0.5) is 0 Å². The number of benzene rings is 1. The van der Waals surface area contributed by atoms with Gasteiger partial charge in [0.05, 0.1) is 12.7 Å². The SMILES string of the molecule is COc1c(C=O)cc2cc(C(=O)O)oc2c1C. The molecule has 2 rings (SSSR count). The smallest absolute Gasteiger partial charge is 0.371 e. The lowest BCUT2D eigenvalue weighted by molar-refractivity contribution is 0.0665. The number of carboxylic acids is 1. The third-order valence-corrected chi connectivity index (χ3v) is 2.56. The second-order valence-corrected chi connectivity index (χ2v) is 3.58. The van der Waals surface area contributed by atoms with Gasteiger partial charge in [0, 0.05) is 10.9 Å². The number of furan rings is 1. The van der Waals surface area contributed by atoms with Gasteiger partial charge in [0.25, 0.3) is 0 Å². The Hall–Kier alpha value is -2.30. The predicted octanol–water partition coefficient (Wildman–Crippen LogP) is 2.26. The van der Waals surface area contributed by atoms with E-state index in [1.807, 2.05) is 0 Å². The van der Waals surface area contributed by atoms with Crippen LogP contribution in [0.2, 0.25) is 0 Å². The van der Waals surface area contributed by atoms with Crippen LogP contribution < -0.4 is 4.74 Å². The van der Waals surface area contributed by atoms with Crippen molar-refractivity contribution in [2.45, 2.75) is 6.92 Å². The Balaban J connectivity index is 2.81. The highest BCUT2D eigenvalue weighted by molar-refractivity contribution is 5.96. The van der Waals surface area contributed by atoms with Crippen LogP contribution >= 0.6 is 0 Å². The number of carbonyl (C=O) groups excluding carboxylic acids is 1. The first kappa shape index (κ1) is 11.2. The maximum atomic E-state index is 10.9. The second kappa shape index (κ2) is 3.93. The topological polar surface area (TPSA) is 76.7 Å². The molecular formula is C12H10O5. The molecule has 1 N–H and O–H groups in total. The molecule has 1 aromatic carbocycles. The van der Waals surface area contributed by atoms with Crippen molar-refractivity contribution in [3.63, 3.8) is 0 Å². The molecule has 0 atom stereocenters. The van der Waals surface area contributed by atoms with Gasteiger partial charge >= 0.3 is 5.97 Å². The van der Waals surface area contributed by atoms with E-state index in [9.17, 15) is 9.59 Å². The maximum Gasteiger partial charge on any atom is 0.371 e. The summed E-state index contributed by atoms with van der Waals surface area (Å²) in [6, 6.07) is 2.93. The molecular weight excluding hydrogens is 224 g/mol. The molecule has 0 aliphatic carbocycles. The number of ether oxygens (including phenoxy) is 1. The van der Waals surface area contributed by atoms with Crippen molar-refractivity contribution in [1.29, 1.82) is 0 Å². The lowest BCUT2D eigenvalue weighted by Crippen LogP contribution is -1.93. The van der Waals surface area contributed by atoms with E-state index in [1.54, 1.807) is 13.0 Å². The van der Waals surface area contributed by atoms with E-state index in [0.29, 0.717) is 34.1 Å². The number of fused-ring (bicyclic) bond motifs is 1. The number of methoxy groups -OCH3 is 1. The summed E-state index contributed by atoms with van der Waals surface area (Å²) in [7, 11) is 1.45. The molecule has 5 nitrogen and oxygen atoms in total. The lowest BCUT2D eigenvalue weighted by atomic mass is 10.1. The van der Waals surface area contributed by atoms with Gasteiger partial charge in [-0.1, -0.05) is 0 Å². The summed E-state index contributed by atoms with van der Waals surface area (Å²) in [6.07, 6.45) is 0.665. The Bertz CT molecular complexity index is 609. The molecule has 0 unspecified atom stereocenters. The summed E-state index contributed by atoms with van der Waals surface area (Å²) in [4.78, 5) is 21.7. The van der Waals surface area contributed by atoms with Crippen molar-refractivity contribution in [3.8, 4) is 5.75 Å². The van der Waals surface area contributed by atoms with Crippen LogP contribution in [0, 0.1) is 6.92 Å². The van der Waals surface area contributed by atoms with Crippen LogP contribution in [0.5, 0.6) is 5.75 Å². The van der Waals surface area contributed by atoms with E-state index in [1.165, 1.54) is 13.2 Å². The van der Waals surface area contributed by atoms with Gasteiger partial charge < -0.3 is 14.3 Å². The number of carboxylic acid groups (broad SMARTS) is 1. The Morgan fingerprint density at radius 3 is 2.71 bits per heavy atom. The number of aldehydes is 1. The molecule has 88 valence electrons. The Labute approximate surface area is 96.6 Å². The molecule has 2 aromatic rings. The summed E-state index contributed by atoms with van der Waals surface area (Å²) < 4.78 is 10.3. The van der Waals surface area contributed by atoms with Crippen LogP contribution in [0.3, 0.4) is 0 Å². The average Bonchev–Trinajstić information content (AvgIpc) is 2.73. The number of aryl methyl sites for hydroxylation is 1. The summed E-state index contributed by atoms with van der Waals surface area (Å²) in [5.74, 6) is -0.904. The third kappa shape index (κ3) is 1.65. The van der Waals surface area contributed by atoms with E-state index in [-0.39, 0.29) is 5.76 Å². The lowest BCUT2D eigenvalue weighted by Gasteiger charge is -2.07. The highest BCUT2D eigenvalue weighted by Crippen LogP contribution is 2.32. The van der Waals surface area contributed by atoms with Gasteiger partial charge in [-0.3, -0.25) is 4.79 Å². The maximum absolute atomic E-state index is 10.9. The van der Waals surface area contributed by atoms with Gasteiger partial charge in [-0.05, 0) is 19.1 Å². The van der Waals surface area contributed by atoms with Crippen molar-refractivity contribution in [3.05, 3.63) is 29.0 Å². The molecule has 0 amide bonds. The molecule has 5 heteroatoms. The molecule has 1 heterocycles. The van der Waals surface area contributed by atoms with Crippen LogP contribution in [-0.2, 0) is 0 Å². The highest BCUT2D eigenvalue weighted by atomic mass is 16.5. The summed E-state index contributed by atoms with van der Waals surface area (Å²) >= 11 is 0. The Morgan fingerprint density at radius 2 is 2.18 bits per heavy atom. The molecule has 0 bridgehead atoms. The van der Waals surface area contributed by atoms with E-state index in [4.69, 9.17) is 14.3 Å². The Morgan fingerprint density at radius 1 is 1.47 bits per heavy atom. The minimum absolute atomic E-state index is 0.159. The zero-order valence-corrected chi connectivity index (χ0v) is 9.31. The molecule has 0 aliphatic heterocycles. The van der Waals surface area contributed by atoms with Gasteiger partial charge in [0.2, 0.25) is 5.76 Å². The van der Waals surface area contributed by atoms with Gasteiger partial charge in [-0.25, -0.2) is 4.79 Å². The van der Waals surface area contributed by atoms with Crippen LogP contribution in [0.1, 0.15) is 26.5 Å². The largest absolute Gasteiger partial charge is 0.496 e. The highest BCUT2D eigenvalue weighted by Gasteiger charge is 2.17. The van der Waals surface area contributed by atoms with Crippen LogP contribution in [0.25, 0.3) is 11.0 Å². The molecule has 0 radical (unpaired) electrons. The quantitative estimate of drug-likeness (QED) is 0.824. The number of carbonyl (C=O) groups is 2. The van der Waals surface area contributed by atoms with Crippen molar-refractivity contribution < 1.29 is 23.8 Å². The monoisotopic (exact) mass is 234 g/mol. The number of hydrogen-bond donors (Lipinski definition) is 1. The van der Waals surface area contributed by atoms with Gasteiger partial charge in [-0.2, -0.15) is 0 Å². The molecule has 0 fully saturated rings. The van der Waals surface area contributed by atoms with Gasteiger partial charge in [0.15, 0.2) is 6.29 Å².